The molecule has 150 valence electrons. The molecule has 2 N–H and O–H groups in total. The van der Waals surface area contributed by atoms with Gasteiger partial charge in [-0.05, 0) is 37.4 Å². The van der Waals surface area contributed by atoms with Gasteiger partial charge in [0.25, 0.3) is 0 Å². The van der Waals surface area contributed by atoms with E-state index in [-0.39, 0.29) is 5.91 Å². The molecule has 1 saturated heterocycles. The highest BCUT2D eigenvalue weighted by Gasteiger charge is 2.16. The minimum Gasteiger partial charge on any atom is -0.352 e. The van der Waals surface area contributed by atoms with Gasteiger partial charge in [-0.3, -0.25) is 9.48 Å². The first-order chi connectivity index (χ1) is 14.3. The number of carbonyl (C=O) groups excluding carboxylic acids is 1. The summed E-state index contributed by atoms with van der Waals surface area (Å²) < 4.78 is 1.96. The van der Waals surface area contributed by atoms with Gasteiger partial charge in [-0.15, -0.1) is 0 Å². The highest BCUT2D eigenvalue weighted by atomic mass is 16.1. The molecule has 0 aliphatic carbocycles. The van der Waals surface area contributed by atoms with Crippen LogP contribution < -0.4 is 10.6 Å². The Morgan fingerprint density at radius 2 is 1.86 bits per heavy atom. The van der Waals surface area contributed by atoms with Crippen molar-refractivity contribution in [2.45, 2.75) is 32.4 Å². The monoisotopic (exact) mass is 388 g/mol. The largest absolute Gasteiger partial charge is 0.352 e. The van der Waals surface area contributed by atoms with E-state index in [9.17, 15) is 4.79 Å². The van der Waals surface area contributed by atoms with Gasteiger partial charge in [0.2, 0.25) is 5.91 Å². The van der Waals surface area contributed by atoms with Gasteiger partial charge in [0, 0.05) is 30.3 Å². The van der Waals surface area contributed by atoms with Crippen LogP contribution in [0.4, 0.5) is 0 Å². The van der Waals surface area contributed by atoms with Crippen molar-refractivity contribution in [2.75, 3.05) is 13.1 Å². The molecule has 1 amide bonds. The Bertz CT molecular complexity index is 915. The van der Waals surface area contributed by atoms with E-state index in [0.29, 0.717) is 25.4 Å². The van der Waals surface area contributed by atoms with Gasteiger partial charge in [-0.1, -0.05) is 60.7 Å². The summed E-state index contributed by atoms with van der Waals surface area (Å²) >= 11 is 0. The van der Waals surface area contributed by atoms with Crippen molar-refractivity contribution in [1.82, 2.24) is 20.4 Å². The quantitative estimate of drug-likeness (QED) is 0.620. The Morgan fingerprint density at radius 3 is 2.59 bits per heavy atom. The highest BCUT2D eigenvalue weighted by Crippen LogP contribution is 2.22. The molecule has 1 aliphatic rings. The Hall–Kier alpha value is -2.92. The van der Waals surface area contributed by atoms with Crippen LogP contribution in [-0.2, 0) is 17.9 Å². The summed E-state index contributed by atoms with van der Waals surface area (Å²) in [5, 5.41) is 11.3. The fourth-order valence-electron chi connectivity index (χ4n) is 3.86. The molecule has 5 nitrogen and oxygen atoms in total. The van der Waals surface area contributed by atoms with E-state index in [1.54, 1.807) is 0 Å². The highest BCUT2D eigenvalue weighted by molar-refractivity contribution is 5.76. The first-order valence-electron chi connectivity index (χ1n) is 10.4. The number of nitrogens with one attached hydrogen (secondary N) is 2. The van der Waals surface area contributed by atoms with Crippen molar-refractivity contribution in [2.24, 2.45) is 5.92 Å². The molecule has 0 radical (unpaired) electrons. The molecule has 0 saturated carbocycles. The molecule has 2 aromatic carbocycles. The van der Waals surface area contributed by atoms with Crippen LogP contribution in [0.2, 0.25) is 0 Å². The van der Waals surface area contributed by atoms with E-state index in [1.807, 2.05) is 41.1 Å². The van der Waals surface area contributed by atoms with Crippen LogP contribution >= 0.6 is 0 Å². The summed E-state index contributed by atoms with van der Waals surface area (Å²) in [5.74, 6) is 0.751. The molecular weight excluding hydrogens is 360 g/mol. The van der Waals surface area contributed by atoms with Gasteiger partial charge < -0.3 is 10.6 Å². The fraction of sp³-hybridized carbons (Fsp3) is 0.333. The lowest BCUT2D eigenvalue weighted by Crippen LogP contribution is -2.23. The fourth-order valence-corrected chi connectivity index (χ4v) is 3.86. The second-order valence-corrected chi connectivity index (χ2v) is 7.73. The molecule has 0 spiro atoms. The van der Waals surface area contributed by atoms with Crippen molar-refractivity contribution >= 4 is 5.91 Å². The molecule has 1 unspecified atom stereocenters. The average Bonchev–Trinajstić information content (AvgIpc) is 3.42. The standard InChI is InChI=1S/C24H28N4O/c29-23(12-11-19-13-14-25-15-19)26-16-22-18-28(17-20-7-3-1-4-8-20)27-24(22)21-9-5-2-6-10-21/h1-10,18-19,25H,11-17H2,(H,26,29). The van der Waals surface area contributed by atoms with E-state index in [2.05, 4.69) is 41.1 Å². The molecular formula is C24H28N4O. The first kappa shape index (κ1) is 19.4. The molecule has 1 aliphatic heterocycles. The summed E-state index contributed by atoms with van der Waals surface area (Å²) in [6, 6.07) is 20.5. The van der Waals surface area contributed by atoms with Crippen molar-refractivity contribution in [3.8, 4) is 11.3 Å². The molecule has 0 bridgehead atoms. The molecule has 3 aromatic rings. The zero-order valence-corrected chi connectivity index (χ0v) is 16.7. The molecule has 29 heavy (non-hydrogen) atoms. The van der Waals surface area contributed by atoms with Gasteiger partial charge in [0.05, 0.1) is 12.2 Å². The van der Waals surface area contributed by atoms with Crippen molar-refractivity contribution in [1.29, 1.82) is 0 Å². The summed E-state index contributed by atoms with van der Waals surface area (Å²) in [5.41, 5.74) is 4.25. The van der Waals surface area contributed by atoms with Gasteiger partial charge in [0.15, 0.2) is 0 Å². The van der Waals surface area contributed by atoms with E-state index in [4.69, 9.17) is 5.10 Å². The van der Waals surface area contributed by atoms with Crippen molar-refractivity contribution < 1.29 is 4.79 Å². The maximum absolute atomic E-state index is 12.4. The second kappa shape index (κ2) is 9.52. The predicted octanol–water partition coefficient (Wildman–Crippen LogP) is 3.60. The van der Waals surface area contributed by atoms with Crippen molar-refractivity contribution in [3.63, 3.8) is 0 Å². The Balaban J connectivity index is 1.44. The van der Waals surface area contributed by atoms with Crippen LogP contribution in [0.15, 0.2) is 66.9 Å². The minimum atomic E-state index is 0.117. The Labute approximate surface area is 172 Å². The lowest BCUT2D eigenvalue weighted by atomic mass is 10.0. The molecule has 1 aromatic heterocycles. The molecule has 1 fully saturated rings. The number of benzene rings is 2. The van der Waals surface area contributed by atoms with Crippen LogP contribution in [0.3, 0.4) is 0 Å². The lowest BCUT2D eigenvalue weighted by Gasteiger charge is -2.09. The first-order valence-corrected chi connectivity index (χ1v) is 10.4. The van der Waals surface area contributed by atoms with Gasteiger partial charge in [0.1, 0.15) is 0 Å². The van der Waals surface area contributed by atoms with Crippen LogP contribution in [0.5, 0.6) is 0 Å². The molecule has 5 heteroatoms. The van der Waals surface area contributed by atoms with Crippen LogP contribution in [0.1, 0.15) is 30.4 Å². The number of amides is 1. The third kappa shape index (κ3) is 5.33. The summed E-state index contributed by atoms with van der Waals surface area (Å²) in [6.45, 7) is 3.33. The maximum Gasteiger partial charge on any atom is 0.220 e. The number of carbonyl (C=O) groups is 1. The van der Waals surface area contributed by atoms with Crippen molar-refractivity contribution in [3.05, 3.63) is 78.0 Å². The minimum absolute atomic E-state index is 0.117. The number of hydrogen-bond acceptors (Lipinski definition) is 3. The number of hydrogen-bond donors (Lipinski definition) is 2. The lowest BCUT2D eigenvalue weighted by molar-refractivity contribution is -0.121. The summed E-state index contributed by atoms with van der Waals surface area (Å²) in [7, 11) is 0. The van der Waals surface area contributed by atoms with E-state index < -0.39 is 0 Å². The molecule has 1 atom stereocenters. The van der Waals surface area contributed by atoms with E-state index >= 15 is 0 Å². The van der Waals surface area contributed by atoms with Gasteiger partial charge >= 0.3 is 0 Å². The normalized spacial score (nSPS) is 16.1. The summed E-state index contributed by atoms with van der Waals surface area (Å²) in [4.78, 5) is 12.4. The number of aromatic nitrogens is 2. The van der Waals surface area contributed by atoms with E-state index in [0.717, 1.165) is 36.3 Å². The zero-order chi connectivity index (χ0) is 19.9. The zero-order valence-electron chi connectivity index (χ0n) is 16.7. The topological polar surface area (TPSA) is 59.0 Å². The Morgan fingerprint density at radius 1 is 1.10 bits per heavy atom. The van der Waals surface area contributed by atoms with Crippen LogP contribution in [0, 0.1) is 5.92 Å². The predicted molar refractivity (Wildman–Crippen MR) is 115 cm³/mol. The number of rotatable bonds is 8. The smallest absolute Gasteiger partial charge is 0.220 e. The third-order valence-corrected chi connectivity index (χ3v) is 5.49. The third-order valence-electron chi connectivity index (χ3n) is 5.49. The maximum atomic E-state index is 12.4. The molecule has 4 rings (SSSR count). The van der Waals surface area contributed by atoms with Gasteiger partial charge in [-0.2, -0.15) is 5.10 Å². The van der Waals surface area contributed by atoms with Crippen LogP contribution in [0.25, 0.3) is 11.3 Å². The number of nitrogens with zero attached hydrogens (tertiary/aromatic N) is 2. The summed E-state index contributed by atoms with van der Waals surface area (Å²) in [6.07, 6.45) is 4.77. The van der Waals surface area contributed by atoms with Gasteiger partial charge in [-0.25, -0.2) is 0 Å². The molecule has 2 heterocycles. The Kier molecular flexibility index (Phi) is 6.37. The SMILES string of the molecule is O=C(CCC1CCNC1)NCc1cn(Cc2ccccc2)nc1-c1ccccc1. The van der Waals surface area contributed by atoms with Crippen LogP contribution in [-0.4, -0.2) is 28.8 Å². The van der Waals surface area contributed by atoms with E-state index in [1.165, 1.54) is 12.0 Å². The average molecular weight is 389 g/mol. The second-order valence-electron chi connectivity index (χ2n) is 7.73.